The summed E-state index contributed by atoms with van der Waals surface area (Å²) >= 11 is 0. The van der Waals surface area contributed by atoms with Crippen molar-refractivity contribution in [2.75, 3.05) is 0 Å². The summed E-state index contributed by atoms with van der Waals surface area (Å²) in [4.78, 5) is 9.59. The van der Waals surface area contributed by atoms with E-state index in [4.69, 9.17) is 0 Å². The lowest BCUT2D eigenvalue weighted by molar-refractivity contribution is -0.117. The maximum absolute atomic E-state index is 9.59. The maximum Gasteiger partial charge on any atom is 0.217 e. The molecule has 1 rings (SSSR count). The normalized spacial score (nSPS) is 16.5. The molecular formula is C9H19NO. The molecule has 1 aliphatic rings. The first-order valence-corrected chi connectivity index (χ1v) is 4.55. The maximum atomic E-state index is 9.59. The summed E-state index contributed by atoms with van der Waals surface area (Å²) in [5, 5.41) is 0. The summed E-state index contributed by atoms with van der Waals surface area (Å²) in [7, 11) is 0. The van der Waals surface area contributed by atoms with Crippen molar-refractivity contribution in [3.8, 4) is 0 Å². The van der Waals surface area contributed by atoms with Crippen LogP contribution in [0.2, 0.25) is 0 Å². The first-order chi connectivity index (χ1) is 5.27. The van der Waals surface area contributed by atoms with Crippen molar-refractivity contribution in [1.29, 1.82) is 0 Å². The van der Waals surface area contributed by atoms with Gasteiger partial charge in [-0.25, -0.2) is 0 Å². The molecule has 1 saturated carbocycles. The fourth-order valence-electron chi connectivity index (χ4n) is 1.06. The number of hydrogen-bond acceptors (Lipinski definition) is 1. The highest BCUT2D eigenvalue weighted by molar-refractivity contribution is 5.73. The standard InChI is InChI=1S/C6H12.C3H7NO/c1-2-4-6-5-3-1;1-2-3(4)5/h1-6H2;2H2,1H3,(H2,4,5). The molecule has 11 heavy (non-hydrogen) atoms. The second kappa shape index (κ2) is 7.58. The van der Waals surface area contributed by atoms with Crippen LogP contribution in [0.4, 0.5) is 0 Å². The van der Waals surface area contributed by atoms with Crippen molar-refractivity contribution in [1.82, 2.24) is 0 Å². The van der Waals surface area contributed by atoms with Crippen LogP contribution in [0.5, 0.6) is 0 Å². The highest BCUT2D eigenvalue weighted by atomic mass is 16.1. The van der Waals surface area contributed by atoms with E-state index in [0.29, 0.717) is 6.42 Å². The molecule has 0 bridgehead atoms. The van der Waals surface area contributed by atoms with E-state index in [0.717, 1.165) is 0 Å². The van der Waals surface area contributed by atoms with E-state index in [2.05, 4.69) is 5.73 Å². The van der Waals surface area contributed by atoms with Crippen molar-refractivity contribution in [2.24, 2.45) is 5.73 Å². The van der Waals surface area contributed by atoms with Gasteiger partial charge in [0.15, 0.2) is 0 Å². The fraction of sp³-hybridized carbons (Fsp3) is 0.889. The van der Waals surface area contributed by atoms with E-state index >= 15 is 0 Å². The number of hydrogen-bond donors (Lipinski definition) is 1. The summed E-state index contributed by atoms with van der Waals surface area (Å²) in [5.74, 6) is -0.245. The second-order valence-corrected chi connectivity index (χ2v) is 2.94. The summed E-state index contributed by atoms with van der Waals surface area (Å²) < 4.78 is 0. The molecule has 0 aromatic heterocycles. The van der Waals surface area contributed by atoms with E-state index < -0.39 is 0 Å². The largest absolute Gasteiger partial charge is 0.370 e. The first-order valence-electron chi connectivity index (χ1n) is 4.55. The zero-order valence-electron chi connectivity index (χ0n) is 7.44. The molecule has 0 heterocycles. The molecule has 0 aromatic rings. The van der Waals surface area contributed by atoms with Crippen molar-refractivity contribution in [3.05, 3.63) is 0 Å². The van der Waals surface area contributed by atoms with Crippen LogP contribution >= 0.6 is 0 Å². The van der Waals surface area contributed by atoms with Crippen LogP contribution in [0.3, 0.4) is 0 Å². The lowest BCUT2D eigenvalue weighted by atomic mass is 10.0. The minimum Gasteiger partial charge on any atom is -0.370 e. The highest BCUT2D eigenvalue weighted by Gasteiger charge is 1.95. The van der Waals surface area contributed by atoms with E-state index in [1.165, 1.54) is 38.5 Å². The van der Waals surface area contributed by atoms with Gasteiger partial charge in [0, 0.05) is 6.42 Å². The van der Waals surface area contributed by atoms with Gasteiger partial charge in [-0.1, -0.05) is 45.4 Å². The predicted octanol–water partition coefficient (Wildman–Crippen LogP) is 2.22. The third kappa shape index (κ3) is 9.47. The Hall–Kier alpha value is -0.530. The summed E-state index contributed by atoms with van der Waals surface area (Å²) in [6.07, 6.45) is 9.44. The van der Waals surface area contributed by atoms with Crippen LogP contribution in [0, 0.1) is 0 Å². The molecule has 2 nitrogen and oxygen atoms in total. The van der Waals surface area contributed by atoms with Gasteiger partial charge in [-0.15, -0.1) is 0 Å². The Morgan fingerprint density at radius 2 is 1.27 bits per heavy atom. The first kappa shape index (κ1) is 10.5. The number of rotatable bonds is 1. The summed E-state index contributed by atoms with van der Waals surface area (Å²) in [6, 6.07) is 0. The Kier molecular flexibility index (Phi) is 7.21. The van der Waals surface area contributed by atoms with Gasteiger partial charge in [0.05, 0.1) is 0 Å². The lowest BCUT2D eigenvalue weighted by Crippen LogP contribution is -2.06. The van der Waals surface area contributed by atoms with Gasteiger partial charge < -0.3 is 5.73 Å². The van der Waals surface area contributed by atoms with Crippen molar-refractivity contribution < 1.29 is 4.79 Å². The van der Waals surface area contributed by atoms with Gasteiger partial charge in [-0.2, -0.15) is 0 Å². The molecule has 1 fully saturated rings. The average Bonchev–Trinajstić information content (AvgIpc) is 2.09. The third-order valence-corrected chi connectivity index (χ3v) is 1.85. The Morgan fingerprint density at radius 3 is 1.36 bits per heavy atom. The smallest absolute Gasteiger partial charge is 0.217 e. The Morgan fingerprint density at radius 1 is 1.09 bits per heavy atom. The molecule has 0 saturated heterocycles. The van der Waals surface area contributed by atoms with E-state index in [-0.39, 0.29) is 5.91 Å². The number of amides is 1. The number of carbonyl (C=O) groups excluding carboxylic acids is 1. The molecule has 2 N–H and O–H groups in total. The SMILES string of the molecule is C1CCCCC1.CCC(N)=O. The van der Waals surface area contributed by atoms with Gasteiger partial charge >= 0.3 is 0 Å². The minimum absolute atomic E-state index is 0.245. The third-order valence-electron chi connectivity index (χ3n) is 1.85. The molecular weight excluding hydrogens is 138 g/mol. The Balaban J connectivity index is 0.000000187. The number of primary amides is 1. The van der Waals surface area contributed by atoms with Gasteiger partial charge in [0.2, 0.25) is 5.91 Å². The van der Waals surface area contributed by atoms with Crippen LogP contribution in [0.15, 0.2) is 0 Å². The van der Waals surface area contributed by atoms with Crippen LogP contribution in [-0.2, 0) is 4.79 Å². The molecule has 0 aliphatic heterocycles. The minimum atomic E-state index is -0.245. The average molecular weight is 157 g/mol. The highest BCUT2D eigenvalue weighted by Crippen LogP contribution is 2.15. The quantitative estimate of drug-likeness (QED) is 0.623. The van der Waals surface area contributed by atoms with Gasteiger partial charge in [0.1, 0.15) is 0 Å². The molecule has 0 atom stereocenters. The molecule has 0 unspecified atom stereocenters. The second-order valence-electron chi connectivity index (χ2n) is 2.94. The molecule has 0 radical (unpaired) electrons. The van der Waals surface area contributed by atoms with Crippen LogP contribution in [0.1, 0.15) is 51.9 Å². The van der Waals surface area contributed by atoms with Gasteiger partial charge in [-0.05, 0) is 0 Å². The Labute approximate surface area is 69.2 Å². The summed E-state index contributed by atoms with van der Waals surface area (Å²) in [5.41, 5.74) is 4.65. The Bertz CT molecular complexity index is 86.2. The zero-order valence-corrected chi connectivity index (χ0v) is 7.44. The molecule has 66 valence electrons. The molecule has 1 amide bonds. The van der Waals surface area contributed by atoms with Crippen molar-refractivity contribution in [3.63, 3.8) is 0 Å². The number of nitrogens with two attached hydrogens (primary N) is 1. The van der Waals surface area contributed by atoms with Gasteiger partial charge in [0.25, 0.3) is 0 Å². The fourth-order valence-corrected chi connectivity index (χ4v) is 1.06. The van der Waals surface area contributed by atoms with E-state index in [1.807, 2.05) is 0 Å². The van der Waals surface area contributed by atoms with Crippen molar-refractivity contribution in [2.45, 2.75) is 51.9 Å². The van der Waals surface area contributed by atoms with Crippen LogP contribution in [-0.4, -0.2) is 5.91 Å². The molecule has 0 aromatic carbocycles. The van der Waals surface area contributed by atoms with E-state index in [1.54, 1.807) is 6.92 Å². The van der Waals surface area contributed by atoms with Crippen LogP contribution < -0.4 is 5.73 Å². The molecule has 0 spiro atoms. The monoisotopic (exact) mass is 157 g/mol. The van der Waals surface area contributed by atoms with E-state index in [9.17, 15) is 4.79 Å². The number of carbonyl (C=O) groups is 1. The lowest BCUT2D eigenvalue weighted by Gasteiger charge is -2.05. The predicted molar refractivity (Wildman–Crippen MR) is 47.2 cm³/mol. The van der Waals surface area contributed by atoms with Gasteiger partial charge in [-0.3, -0.25) is 4.79 Å². The molecule has 1 aliphatic carbocycles. The summed E-state index contributed by atoms with van der Waals surface area (Å²) in [6.45, 7) is 1.72. The van der Waals surface area contributed by atoms with Crippen molar-refractivity contribution >= 4 is 5.91 Å². The topological polar surface area (TPSA) is 43.1 Å². The zero-order chi connectivity index (χ0) is 8.53. The van der Waals surface area contributed by atoms with Crippen LogP contribution in [0.25, 0.3) is 0 Å². The molecule has 2 heteroatoms.